The van der Waals surface area contributed by atoms with E-state index in [2.05, 4.69) is 120 Å². The van der Waals surface area contributed by atoms with Gasteiger partial charge in [-0.15, -0.1) is 11.3 Å². The average molecular weight is 825 g/mol. The number of thiophene rings is 1. The minimum absolute atomic E-state index is 0.525. The summed E-state index contributed by atoms with van der Waals surface area (Å²) in [5.74, 6) is 2.38. The van der Waals surface area contributed by atoms with Crippen LogP contribution >= 0.6 is 11.3 Å². The molecule has 0 aliphatic rings. The Bertz CT molecular complexity index is 3860. The van der Waals surface area contributed by atoms with Crippen LogP contribution in [-0.2, 0) is 0 Å². The maximum Gasteiger partial charge on any atom is 0.238 e. The molecule has 0 bridgehead atoms. The number of para-hydroxylation sites is 2. The number of hydrogen-bond acceptors (Lipinski definition) is 7. The van der Waals surface area contributed by atoms with Crippen LogP contribution in [0.5, 0.6) is 0 Å². The van der Waals surface area contributed by atoms with Gasteiger partial charge in [0.2, 0.25) is 5.95 Å². The van der Waals surface area contributed by atoms with E-state index in [1.54, 1.807) is 11.3 Å². The van der Waals surface area contributed by atoms with Gasteiger partial charge in [-0.1, -0.05) is 152 Å². The number of furan rings is 1. The fourth-order valence-electron chi connectivity index (χ4n) is 8.97. The van der Waals surface area contributed by atoms with Crippen LogP contribution in [0.2, 0.25) is 0 Å². The third kappa shape index (κ3) is 5.76. The Labute approximate surface area is 364 Å². The molecular formula is C55H32N6OS. The first-order valence-electron chi connectivity index (χ1n) is 20.8. The van der Waals surface area contributed by atoms with E-state index < -0.39 is 0 Å². The molecule has 7 nitrogen and oxygen atoms in total. The van der Waals surface area contributed by atoms with Crippen molar-refractivity contribution in [3.05, 3.63) is 194 Å². The van der Waals surface area contributed by atoms with Crippen LogP contribution in [0.3, 0.4) is 0 Å². The van der Waals surface area contributed by atoms with E-state index in [-0.39, 0.29) is 0 Å². The van der Waals surface area contributed by atoms with Crippen LogP contribution in [-0.4, -0.2) is 29.5 Å². The van der Waals surface area contributed by atoms with E-state index in [9.17, 15) is 0 Å². The highest BCUT2D eigenvalue weighted by Crippen LogP contribution is 2.42. The second-order valence-corrected chi connectivity index (χ2v) is 16.7. The summed E-state index contributed by atoms with van der Waals surface area (Å²) >= 11 is 1.70. The molecule has 8 heteroatoms. The lowest BCUT2D eigenvalue weighted by Gasteiger charge is -2.11. The second kappa shape index (κ2) is 14.1. The van der Waals surface area contributed by atoms with Crippen LogP contribution in [0.15, 0.2) is 199 Å². The second-order valence-electron chi connectivity index (χ2n) is 15.6. The van der Waals surface area contributed by atoms with E-state index >= 15 is 0 Å². The van der Waals surface area contributed by atoms with Crippen molar-refractivity contribution in [1.29, 1.82) is 0 Å². The standard InChI is InChI=1S/C55H32N6OS/c1-4-15-33(16-5-1)49-48-41-22-11-13-26-47(41)63-54(48)58-53(56-49)37-28-30-45-43(32-37)42-31-36(38-23-14-24-40-39-21-10-12-25-46(39)62-50(38)40)27-29-44(42)61(45)55-59-51(34-17-6-2-7-18-34)57-52(60-55)35-19-8-3-9-20-35/h1-32H. The minimum atomic E-state index is 0.525. The lowest BCUT2D eigenvalue weighted by atomic mass is 10.00. The quantitative estimate of drug-likeness (QED) is 0.166. The van der Waals surface area contributed by atoms with Gasteiger partial charge < -0.3 is 4.42 Å². The average Bonchev–Trinajstić information content (AvgIpc) is 4.03. The smallest absolute Gasteiger partial charge is 0.238 e. The summed E-state index contributed by atoms with van der Waals surface area (Å²) < 4.78 is 9.90. The Balaban J connectivity index is 1.08. The zero-order valence-electron chi connectivity index (χ0n) is 33.5. The highest BCUT2D eigenvalue weighted by molar-refractivity contribution is 7.25. The molecule has 0 saturated carbocycles. The summed E-state index contributed by atoms with van der Waals surface area (Å²) in [6, 6.07) is 66.8. The number of nitrogens with zero attached hydrogens (tertiary/aromatic N) is 6. The highest BCUT2D eigenvalue weighted by Gasteiger charge is 2.22. The number of hydrogen-bond donors (Lipinski definition) is 0. The summed E-state index contributed by atoms with van der Waals surface area (Å²) in [5, 5.41) is 6.47. The Morgan fingerprint density at radius 1 is 0.397 bits per heavy atom. The molecule has 0 unspecified atom stereocenters. The SMILES string of the molecule is c1ccc(-c2nc(-c3ccccc3)nc(-n3c4ccc(-c5nc(-c6ccccc6)c6c(n5)sc5ccccc56)cc4c4cc(-c5cccc6c5oc5ccccc56)ccc43)n2)cc1. The van der Waals surface area contributed by atoms with Gasteiger partial charge in [-0.25, -0.2) is 15.0 Å². The first-order chi connectivity index (χ1) is 31.2. The van der Waals surface area contributed by atoms with Crippen molar-refractivity contribution >= 4 is 75.4 Å². The molecule has 0 radical (unpaired) electrons. The van der Waals surface area contributed by atoms with Crippen molar-refractivity contribution < 1.29 is 4.42 Å². The minimum Gasteiger partial charge on any atom is -0.455 e. The Morgan fingerprint density at radius 3 is 1.68 bits per heavy atom. The molecule has 0 N–H and O–H groups in total. The molecule has 0 saturated heterocycles. The normalized spacial score (nSPS) is 11.8. The van der Waals surface area contributed by atoms with Gasteiger partial charge in [0.05, 0.1) is 16.7 Å². The Hall–Kier alpha value is -8.33. The van der Waals surface area contributed by atoms with Crippen molar-refractivity contribution in [3.63, 3.8) is 0 Å². The van der Waals surface area contributed by atoms with Gasteiger partial charge >= 0.3 is 0 Å². The summed E-state index contributed by atoms with van der Waals surface area (Å²) in [6.07, 6.45) is 0. The van der Waals surface area contributed by atoms with E-state index in [0.29, 0.717) is 23.4 Å². The summed E-state index contributed by atoms with van der Waals surface area (Å²) in [6.45, 7) is 0. The van der Waals surface area contributed by atoms with Crippen molar-refractivity contribution in [2.24, 2.45) is 0 Å². The predicted octanol–water partition coefficient (Wildman–Crippen LogP) is 14.4. The zero-order chi connectivity index (χ0) is 41.4. The molecule has 5 heterocycles. The number of benzene rings is 8. The molecule has 8 aromatic carbocycles. The van der Waals surface area contributed by atoms with Gasteiger partial charge in [-0.3, -0.25) is 4.57 Å². The molecule has 0 fully saturated rings. The van der Waals surface area contributed by atoms with E-state index in [0.717, 1.165) is 98.4 Å². The van der Waals surface area contributed by atoms with Crippen molar-refractivity contribution in [1.82, 2.24) is 29.5 Å². The monoisotopic (exact) mass is 824 g/mol. The number of rotatable bonds is 6. The topological polar surface area (TPSA) is 82.5 Å². The molecule has 13 rings (SSSR count). The number of aromatic nitrogens is 6. The van der Waals surface area contributed by atoms with E-state index in [1.807, 2.05) is 78.9 Å². The zero-order valence-corrected chi connectivity index (χ0v) is 34.3. The largest absolute Gasteiger partial charge is 0.455 e. The molecule has 0 atom stereocenters. The first-order valence-corrected chi connectivity index (χ1v) is 21.6. The lowest BCUT2D eigenvalue weighted by molar-refractivity contribution is 0.670. The summed E-state index contributed by atoms with van der Waals surface area (Å²) in [4.78, 5) is 27.0. The molecule has 0 amide bonds. The van der Waals surface area contributed by atoms with Gasteiger partial charge in [-0.2, -0.15) is 9.97 Å². The van der Waals surface area contributed by atoms with Crippen LogP contribution in [0, 0.1) is 0 Å². The lowest BCUT2D eigenvalue weighted by Crippen LogP contribution is -2.06. The van der Waals surface area contributed by atoms with Crippen LogP contribution < -0.4 is 0 Å². The van der Waals surface area contributed by atoms with Crippen molar-refractivity contribution in [2.45, 2.75) is 0 Å². The molecule has 0 aliphatic heterocycles. The molecule has 294 valence electrons. The maximum absolute atomic E-state index is 6.56. The Morgan fingerprint density at radius 2 is 0.968 bits per heavy atom. The van der Waals surface area contributed by atoms with E-state index in [1.165, 1.54) is 4.70 Å². The third-order valence-electron chi connectivity index (χ3n) is 11.9. The number of fused-ring (bicyclic) bond motifs is 9. The predicted molar refractivity (Wildman–Crippen MR) is 257 cm³/mol. The van der Waals surface area contributed by atoms with Crippen LogP contribution in [0.1, 0.15) is 0 Å². The van der Waals surface area contributed by atoms with Gasteiger partial charge in [0.25, 0.3) is 0 Å². The fourth-order valence-corrected chi connectivity index (χ4v) is 10.1. The van der Waals surface area contributed by atoms with E-state index in [4.69, 9.17) is 29.3 Å². The third-order valence-corrected chi connectivity index (χ3v) is 13.0. The van der Waals surface area contributed by atoms with Gasteiger partial charge in [0, 0.05) is 64.8 Å². The summed E-state index contributed by atoms with van der Waals surface area (Å²) in [5.41, 5.74) is 10.4. The Kier molecular flexibility index (Phi) is 7.94. The van der Waals surface area contributed by atoms with Crippen molar-refractivity contribution in [2.75, 3.05) is 0 Å². The molecule has 13 aromatic rings. The van der Waals surface area contributed by atoms with Crippen LogP contribution in [0.25, 0.3) is 127 Å². The van der Waals surface area contributed by atoms with Gasteiger partial charge in [0.1, 0.15) is 16.0 Å². The fraction of sp³-hybridized carbons (Fsp3) is 0. The molecule has 63 heavy (non-hydrogen) atoms. The first kappa shape index (κ1) is 35.4. The molecule has 0 aliphatic carbocycles. The van der Waals surface area contributed by atoms with Crippen LogP contribution in [0.4, 0.5) is 0 Å². The molecular weight excluding hydrogens is 793 g/mol. The highest BCUT2D eigenvalue weighted by atomic mass is 32.1. The van der Waals surface area contributed by atoms with Gasteiger partial charge in [-0.05, 0) is 48.0 Å². The van der Waals surface area contributed by atoms with Gasteiger partial charge in [0.15, 0.2) is 17.5 Å². The van der Waals surface area contributed by atoms with Crippen molar-refractivity contribution in [3.8, 4) is 62.5 Å². The maximum atomic E-state index is 6.56. The molecule has 0 spiro atoms. The molecule has 5 aromatic heterocycles. The summed E-state index contributed by atoms with van der Waals surface area (Å²) in [7, 11) is 0.